The standard InChI is InChI=1S/C27H24N2O6S2.C25H27N3O3S.C5H11N.C4H8O/c1-19-10-13-22(14-11-19)37(32,33)35-17-5-16-34-21-12-15-25-24(18-21)27(29-28-25)36(30,31)26-9-4-7-20-6-2-3-8-23(20)26;29-32(30,24-12-5-8-18-7-1-4-11-21(18)24)25-22-17-20(13-14-23(22)27-28-25)31-16-6-15-26-19-9-2-3-10-19;6-5-3-1-2-4-5;1-2-4-5-3-1/h2-4,6-15,18H,5,16-17H2,1H3,(H,28,29);1,4-5,7-8,11-14,17,19,26H,2-3,6,9-10,15-16H2,(H,27,28);5H,1-4,6H2;1-4H2. The molecule has 1 saturated heterocycles. The van der Waals surface area contributed by atoms with Crippen LogP contribution in [0.3, 0.4) is 0 Å². The van der Waals surface area contributed by atoms with Crippen molar-refractivity contribution in [2.45, 2.75) is 121 Å². The van der Waals surface area contributed by atoms with Crippen LogP contribution in [-0.4, -0.2) is 97.3 Å². The molecule has 422 valence electrons. The van der Waals surface area contributed by atoms with Gasteiger partial charge in [0.05, 0.1) is 45.5 Å². The Morgan fingerprint density at radius 3 is 1.52 bits per heavy atom. The number of fused-ring (bicyclic) bond motifs is 4. The van der Waals surface area contributed by atoms with E-state index in [2.05, 4.69) is 25.7 Å². The topological polar surface area (TPSA) is 235 Å². The number of rotatable bonds is 17. The first kappa shape index (κ1) is 58.0. The number of aryl methyl sites for hydroxylation is 1. The first-order chi connectivity index (χ1) is 38.8. The molecule has 3 fully saturated rings. The van der Waals surface area contributed by atoms with Crippen molar-refractivity contribution in [1.82, 2.24) is 25.7 Å². The number of benzene rings is 7. The van der Waals surface area contributed by atoms with E-state index in [-0.39, 0.29) is 38.0 Å². The predicted octanol–water partition coefficient (Wildman–Crippen LogP) is 11.6. The number of H-pyrrole nitrogens is 2. The summed E-state index contributed by atoms with van der Waals surface area (Å²) in [7, 11) is -11.5. The van der Waals surface area contributed by atoms with E-state index >= 15 is 0 Å². The third-order valence-corrected chi connectivity index (χ3v) is 19.2. The Kier molecular flexibility index (Phi) is 19.7. The Labute approximate surface area is 468 Å². The van der Waals surface area contributed by atoms with Crippen molar-refractivity contribution in [3.63, 3.8) is 0 Å². The Hall–Kier alpha value is -6.71. The molecular weight excluding hydrogens is 1070 g/mol. The van der Waals surface area contributed by atoms with E-state index in [9.17, 15) is 25.3 Å². The molecule has 80 heavy (non-hydrogen) atoms. The zero-order valence-corrected chi connectivity index (χ0v) is 47.5. The summed E-state index contributed by atoms with van der Waals surface area (Å²) in [5, 5.41) is 21.4. The molecule has 2 saturated carbocycles. The predicted molar refractivity (Wildman–Crippen MR) is 312 cm³/mol. The third kappa shape index (κ3) is 14.6. The average Bonchev–Trinajstić information content (AvgIpc) is 4.48. The lowest BCUT2D eigenvalue weighted by atomic mass is 10.1. The molecule has 0 radical (unpaired) electrons. The Morgan fingerprint density at radius 2 is 1.04 bits per heavy atom. The lowest BCUT2D eigenvalue weighted by Crippen LogP contribution is -2.27. The van der Waals surface area contributed by atoms with Gasteiger partial charge in [-0.05, 0) is 130 Å². The van der Waals surface area contributed by atoms with Gasteiger partial charge in [-0.15, -0.1) is 0 Å². The fourth-order valence-corrected chi connectivity index (χ4v) is 14.0. The van der Waals surface area contributed by atoms with Crippen LogP contribution in [0.25, 0.3) is 43.4 Å². The van der Waals surface area contributed by atoms with Crippen molar-refractivity contribution < 1.29 is 43.6 Å². The highest BCUT2D eigenvalue weighted by Gasteiger charge is 2.27. The van der Waals surface area contributed by atoms with Crippen LogP contribution in [0, 0.1) is 6.92 Å². The summed E-state index contributed by atoms with van der Waals surface area (Å²) in [5.41, 5.74) is 7.57. The molecule has 0 bridgehead atoms. The van der Waals surface area contributed by atoms with Gasteiger partial charge in [-0.3, -0.25) is 14.4 Å². The summed E-state index contributed by atoms with van der Waals surface area (Å²) in [6.07, 6.45) is 14.2. The summed E-state index contributed by atoms with van der Waals surface area (Å²) in [6.45, 7) is 5.51. The largest absolute Gasteiger partial charge is 0.494 e. The molecule has 2 aliphatic carbocycles. The third-order valence-electron chi connectivity index (χ3n) is 14.3. The van der Waals surface area contributed by atoms with Crippen LogP contribution < -0.4 is 20.5 Å². The molecule has 0 spiro atoms. The number of nitrogens with zero attached hydrogens (tertiary/aromatic N) is 2. The lowest BCUT2D eigenvalue weighted by Gasteiger charge is -2.12. The Balaban J connectivity index is 0.000000163. The second-order valence-electron chi connectivity index (χ2n) is 20.2. The fourth-order valence-electron chi connectivity index (χ4n) is 9.96. The minimum absolute atomic E-state index is 0.0168. The monoisotopic (exact) mass is 1140 g/mol. The van der Waals surface area contributed by atoms with Gasteiger partial charge in [0, 0.05) is 53.3 Å². The van der Waals surface area contributed by atoms with Gasteiger partial charge >= 0.3 is 0 Å². The van der Waals surface area contributed by atoms with Crippen molar-refractivity contribution in [1.29, 1.82) is 0 Å². The summed E-state index contributed by atoms with van der Waals surface area (Å²) < 4.78 is 101. The molecule has 7 aromatic carbocycles. The number of nitrogens with one attached hydrogen (secondary N) is 3. The highest BCUT2D eigenvalue weighted by molar-refractivity contribution is 7.92. The molecule has 16 nitrogen and oxygen atoms in total. The quantitative estimate of drug-likeness (QED) is 0.0490. The van der Waals surface area contributed by atoms with Crippen LogP contribution in [0.1, 0.15) is 82.6 Å². The second-order valence-corrected chi connectivity index (χ2v) is 25.5. The maximum absolute atomic E-state index is 13.6. The van der Waals surface area contributed by atoms with E-state index in [0.717, 1.165) is 42.5 Å². The highest BCUT2D eigenvalue weighted by atomic mass is 32.2. The van der Waals surface area contributed by atoms with Gasteiger partial charge in [0.15, 0.2) is 10.1 Å². The summed E-state index contributed by atoms with van der Waals surface area (Å²) in [5.74, 6) is 1.08. The fraction of sp³-hybridized carbons (Fsp3) is 0.344. The van der Waals surface area contributed by atoms with Crippen LogP contribution in [0.5, 0.6) is 11.5 Å². The normalized spacial score (nSPS) is 15.1. The van der Waals surface area contributed by atoms with E-state index in [1.807, 2.05) is 61.5 Å². The maximum atomic E-state index is 13.6. The summed E-state index contributed by atoms with van der Waals surface area (Å²) >= 11 is 0. The summed E-state index contributed by atoms with van der Waals surface area (Å²) in [6, 6.07) is 43.2. The maximum Gasteiger partial charge on any atom is 0.296 e. The molecule has 3 heterocycles. The van der Waals surface area contributed by atoms with Crippen molar-refractivity contribution in [3.8, 4) is 11.5 Å². The van der Waals surface area contributed by atoms with Crippen LogP contribution in [0.15, 0.2) is 170 Å². The summed E-state index contributed by atoms with van der Waals surface area (Å²) in [4.78, 5) is 0.559. The second kappa shape index (κ2) is 27.2. The Bertz CT molecular complexity index is 3820. The van der Waals surface area contributed by atoms with Crippen LogP contribution in [-0.2, 0) is 38.7 Å². The zero-order chi connectivity index (χ0) is 56.0. The first-order valence-electron chi connectivity index (χ1n) is 27.5. The van der Waals surface area contributed by atoms with E-state index in [1.165, 1.54) is 76.3 Å². The van der Waals surface area contributed by atoms with Crippen LogP contribution in [0.2, 0.25) is 0 Å². The number of ether oxygens (including phenoxy) is 3. The van der Waals surface area contributed by atoms with Gasteiger partial charge in [-0.2, -0.15) is 18.6 Å². The van der Waals surface area contributed by atoms with E-state index in [0.29, 0.717) is 69.2 Å². The van der Waals surface area contributed by atoms with Crippen LogP contribution >= 0.6 is 0 Å². The van der Waals surface area contributed by atoms with Gasteiger partial charge in [0.2, 0.25) is 19.7 Å². The molecule has 12 rings (SSSR count). The van der Waals surface area contributed by atoms with Gasteiger partial charge in [0.25, 0.3) is 10.1 Å². The number of sulfone groups is 2. The molecule has 0 unspecified atom stereocenters. The Morgan fingerprint density at radius 1 is 0.550 bits per heavy atom. The van der Waals surface area contributed by atoms with Gasteiger partial charge < -0.3 is 25.3 Å². The molecule has 1 aliphatic heterocycles. The number of aromatic amines is 2. The molecular formula is C61H70N6O10S3. The molecule has 9 aromatic rings. The van der Waals surface area contributed by atoms with Gasteiger partial charge in [-0.25, -0.2) is 16.8 Å². The lowest BCUT2D eigenvalue weighted by molar-refractivity contribution is 0.198. The number of hydrogen-bond donors (Lipinski definition) is 4. The number of aromatic nitrogens is 4. The first-order valence-corrected chi connectivity index (χ1v) is 31.9. The average molecular weight is 1140 g/mol. The van der Waals surface area contributed by atoms with Gasteiger partial charge in [-0.1, -0.05) is 116 Å². The smallest absolute Gasteiger partial charge is 0.296 e. The zero-order valence-electron chi connectivity index (χ0n) is 45.0. The molecule has 19 heteroatoms. The van der Waals surface area contributed by atoms with Crippen molar-refractivity contribution in [2.24, 2.45) is 5.73 Å². The molecule has 3 aliphatic rings. The van der Waals surface area contributed by atoms with E-state index < -0.39 is 29.8 Å². The van der Waals surface area contributed by atoms with Crippen LogP contribution in [0.4, 0.5) is 0 Å². The van der Waals surface area contributed by atoms with Crippen molar-refractivity contribution >= 4 is 73.1 Å². The van der Waals surface area contributed by atoms with E-state index in [4.69, 9.17) is 24.1 Å². The number of hydrogen-bond acceptors (Lipinski definition) is 14. The highest BCUT2D eigenvalue weighted by Crippen LogP contribution is 2.35. The minimum atomic E-state index is -3.90. The van der Waals surface area contributed by atoms with Crippen molar-refractivity contribution in [2.75, 3.05) is 39.6 Å². The number of nitrogens with two attached hydrogens (primary N) is 1. The minimum Gasteiger partial charge on any atom is -0.494 e. The molecule has 0 amide bonds. The molecule has 0 atom stereocenters. The SMILES string of the molecule is C1CCOC1.Cc1ccc(S(=O)(=O)OCCCOc2ccc3n[nH]c(S(=O)(=O)c4cccc5ccccc45)c3c2)cc1.NC1CCCC1.O=S(=O)(c1cccc2ccccc12)c1[nH]nc2ccc(OCCCNC3CCCC3)cc12. The van der Waals surface area contributed by atoms with E-state index in [1.54, 1.807) is 78.9 Å². The van der Waals surface area contributed by atoms with Gasteiger partial charge in [0.1, 0.15) is 11.5 Å². The molecule has 5 N–H and O–H groups in total. The molecule has 2 aromatic heterocycles. The van der Waals surface area contributed by atoms with Crippen molar-refractivity contribution in [3.05, 3.63) is 151 Å².